The molecule has 5 heteroatoms. The molecule has 0 radical (unpaired) electrons. The van der Waals surface area contributed by atoms with Gasteiger partial charge in [0, 0.05) is 37.9 Å². The number of nitrogens with one attached hydrogen (secondary N) is 1. The fraction of sp³-hybridized carbons (Fsp3) is 0.529. The Balaban J connectivity index is 2.81. The van der Waals surface area contributed by atoms with Gasteiger partial charge in [0.25, 0.3) is 11.8 Å². The summed E-state index contributed by atoms with van der Waals surface area (Å²) < 4.78 is 4.90. The van der Waals surface area contributed by atoms with Crippen LogP contribution in [0.1, 0.15) is 47.4 Å². The van der Waals surface area contributed by atoms with Crippen molar-refractivity contribution >= 4 is 11.8 Å². The van der Waals surface area contributed by atoms with E-state index in [9.17, 15) is 9.59 Å². The third-order valence-electron chi connectivity index (χ3n) is 3.24. The van der Waals surface area contributed by atoms with Crippen molar-refractivity contribution in [3.8, 4) is 0 Å². The van der Waals surface area contributed by atoms with Crippen LogP contribution in [0, 0.1) is 0 Å². The van der Waals surface area contributed by atoms with Crippen LogP contribution in [-0.2, 0) is 4.74 Å². The van der Waals surface area contributed by atoms with Crippen molar-refractivity contribution in [2.24, 2.45) is 0 Å². The van der Waals surface area contributed by atoms with Crippen LogP contribution < -0.4 is 5.32 Å². The lowest BCUT2D eigenvalue weighted by molar-refractivity contribution is 0.0755. The van der Waals surface area contributed by atoms with Crippen molar-refractivity contribution in [1.29, 1.82) is 0 Å². The molecule has 0 unspecified atom stereocenters. The minimum atomic E-state index is -0.191. The molecule has 1 rings (SSSR count). The van der Waals surface area contributed by atoms with E-state index >= 15 is 0 Å². The summed E-state index contributed by atoms with van der Waals surface area (Å²) in [5, 5.41) is 2.76. The van der Waals surface area contributed by atoms with E-state index in [1.165, 1.54) is 0 Å². The molecular weight excluding hydrogens is 280 g/mol. The van der Waals surface area contributed by atoms with Gasteiger partial charge in [0.1, 0.15) is 0 Å². The maximum absolute atomic E-state index is 12.5. The van der Waals surface area contributed by atoms with Gasteiger partial charge in [0.15, 0.2) is 0 Å². The number of methoxy groups -OCH3 is 1. The minimum Gasteiger partial charge on any atom is -0.383 e. The van der Waals surface area contributed by atoms with Gasteiger partial charge in [-0.05, 0) is 31.0 Å². The molecule has 0 aliphatic carbocycles. The number of hydrogen-bond donors (Lipinski definition) is 1. The molecular formula is C17H26N2O3. The first-order chi connectivity index (χ1) is 10.6. The predicted molar refractivity (Wildman–Crippen MR) is 87.1 cm³/mol. The lowest BCUT2D eigenvalue weighted by Crippen LogP contribution is -2.33. The molecule has 22 heavy (non-hydrogen) atoms. The molecule has 0 aliphatic heterocycles. The smallest absolute Gasteiger partial charge is 0.253 e. The van der Waals surface area contributed by atoms with Gasteiger partial charge in [-0.15, -0.1) is 0 Å². The van der Waals surface area contributed by atoms with Crippen LogP contribution in [0.25, 0.3) is 0 Å². The fourth-order valence-electron chi connectivity index (χ4n) is 2.20. The van der Waals surface area contributed by atoms with Gasteiger partial charge in [-0.1, -0.05) is 19.9 Å². The second-order valence-corrected chi connectivity index (χ2v) is 5.12. The monoisotopic (exact) mass is 306 g/mol. The van der Waals surface area contributed by atoms with Crippen molar-refractivity contribution < 1.29 is 14.3 Å². The third-order valence-corrected chi connectivity index (χ3v) is 3.24. The SMILES string of the molecule is CCCN(CCC)C(=O)c1cccc(C(=O)NCCOC)c1. The summed E-state index contributed by atoms with van der Waals surface area (Å²) in [6, 6.07) is 6.87. The van der Waals surface area contributed by atoms with E-state index < -0.39 is 0 Å². The third kappa shape index (κ3) is 5.48. The maximum Gasteiger partial charge on any atom is 0.253 e. The van der Waals surface area contributed by atoms with Crippen LogP contribution in [-0.4, -0.2) is 50.1 Å². The Kier molecular flexibility index (Phi) is 8.22. The highest BCUT2D eigenvalue weighted by Crippen LogP contribution is 2.10. The molecule has 1 aromatic rings. The number of hydrogen-bond acceptors (Lipinski definition) is 3. The van der Waals surface area contributed by atoms with Gasteiger partial charge in [0.05, 0.1) is 6.61 Å². The maximum atomic E-state index is 12.5. The van der Waals surface area contributed by atoms with E-state index in [1.807, 2.05) is 4.90 Å². The van der Waals surface area contributed by atoms with E-state index in [2.05, 4.69) is 19.2 Å². The largest absolute Gasteiger partial charge is 0.383 e. The molecule has 0 aromatic heterocycles. The number of rotatable bonds is 9. The number of carbonyl (C=O) groups is 2. The van der Waals surface area contributed by atoms with Crippen LogP contribution in [0.4, 0.5) is 0 Å². The molecule has 2 amide bonds. The van der Waals surface area contributed by atoms with Crippen molar-refractivity contribution in [2.75, 3.05) is 33.4 Å². The average Bonchev–Trinajstić information content (AvgIpc) is 2.54. The summed E-state index contributed by atoms with van der Waals surface area (Å²) in [5.74, 6) is -0.209. The number of ether oxygens (including phenoxy) is 1. The lowest BCUT2D eigenvalue weighted by atomic mass is 10.1. The molecule has 1 N–H and O–H groups in total. The normalized spacial score (nSPS) is 10.3. The first kappa shape index (κ1) is 18.2. The molecule has 0 heterocycles. The summed E-state index contributed by atoms with van der Waals surface area (Å²) in [5.41, 5.74) is 1.05. The average molecular weight is 306 g/mol. The number of benzene rings is 1. The number of carbonyl (C=O) groups excluding carboxylic acids is 2. The number of amides is 2. The zero-order valence-electron chi connectivity index (χ0n) is 13.7. The van der Waals surface area contributed by atoms with E-state index in [4.69, 9.17) is 4.74 Å². The van der Waals surface area contributed by atoms with Crippen LogP contribution in [0.3, 0.4) is 0 Å². The van der Waals surface area contributed by atoms with Gasteiger partial charge in [-0.3, -0.25) is 9.59 Å². The van der Waals surface area contributed by atoms with E-state index in [1.54, 1.807) is 31.4 Å². The Morgan fingerprint density at radius 2 is 1.77 bits per heavy atom. The summed E-state index contributed by atoms with van der Waals surface area (Å²) in [6.45, 7) is 6.48. The molecule has 0 spiro atoms. The highest BCUT2D eigenvalue weighted by Gasteiger charge is 2.15. The van der Waals surface area contributed by atoms with Gasteiger partial charge < -0.3 is 15.0 Å². The molecule has 0 aliphatic rings. The minimum absolute atomic E-state index is 0.0183. The Labute approximate surface area is 132 Å². The molecule has 0 fully saturated rings. The first-order valence-corrected chi connectivity index (χ1v) is 7.80. The summed E-state index contributed by atoms with van der Waals surface area (Å²) in [4.78, 5) is 26.4. The summed E-state index contributed by atoms with van der Waals surface area (Å²) in [6.07, 6.45) is 1.84. The Morgan fingerprint density at radius 1 is 1.14 bits per heavy atom. The summed E-state index contributed by atoms with van der Waals surface area (Å²) >= 11 is 0. The summed E-state index contributed by atoms with van der Waals surface area (Å²) in [7, 11) is 1.58. The Hall–Kier alpha value is -1.88. The van der Waals surface area contributed by atoms with Crippen LogP contribution in [0.2, 0.25) is 0 Å². The molecule has 0 saturated heterocycles. The van der Waals surface area contributed by atoms with E-state index in [-0.39, 0.29) is 11.8 Å². The van der Waals surface area contributed by atoms with E-state index in [0.29, 0.717) is 24.3 Å². The molecule has 0 saturated carbocycles. The van der Waals surface area contributed by atoms with Crippen LogP contribution in [0.15, 0.2) is 24.3 Å². The van der Waals surface area contributed by atoms with Gasteiger partial charge >= 0.3 is 0 Å². The zero-order valence-corrected chi connectivity index (χ0v) is 13.7. The van der Waals surface area contributed by atoms with Crippen molar-refractivity contribution in [3.05, 3.63) is 35.4 Å². The predicted octanol–water partition coefficient (Wildman–Crippen LogP) is 2.33. The van der Waals surface area contributed by atoms with Crippen molar-refractivity contribution in [3.63, 3.8) is 0 Å². The Morgan fingerprint density at radius 3 is 2.36 bits per heavy atom. The van der Waals surface area contributed by atoms with Crippen LogP contribution in [0.5, 0.6) is 0 Å². The van der Waals surface area contributed by atoms with Gasteiger partial charge in [0.2, 0.25) is 0 Å². The molecule has 0 atom stereocenters. The molecule has 1 aromatic carbocycles. The standard InChI is InChI=1S/C17H26N2O3/c1-4-10-19(11-5-2)17(21)15-8-6-7-14(13-15)16(20)18-9-12-22-3/h6-8,13H,4-5,9-12H2,1-3H3,(H,18,20). The quantitative estimate of drug-likeness (QED) is 0.712. The highest BCUT2D eigenvalue weighted by atomic mass is 16.5. The fourth-order valence-corrected chi connectivity index (χ4v) is 2.20. The van der Waals surface area contributed by atoms with Gasteiger partial charge in [-0.2, -0.15) is 0 Å². The lowest BCUT2D eigenvalue weighted by Gasteiger charge is -2.21. The highest BCUT2D eigenvalue weighted by molar-refractivity contribution is 5.99. The zero-order chi connectivity index (χ0) is 16.4. The number of nitrogens with zero attached hydrogens (tertiary/aromatic N) is 1. The van der Waals surface area contributed by atoms with Crippen LogP contribution >= 0.6 is 0 Å². The Bertz CT molecular complexity index is 483. The van der Waals surface area contributed by atoms with Gasteiger partial charge in [-0.25, -0.2) is 0 Å². The van der Waals surface area contributed by atoms with Crippen molar-refractivity contribution in [1.82, 2.24) is 10.2 Å². The van der Waals surface area contributed by atoms with E-state index in [0.717, 1.165) is 25.9 Å². The molecule has 0 bridgehead atoms. The first-order valence-electron chi connectivity index (χ1n) is 7.80. The second-order valence-electron chi connectivity index (χ2n) is 5.12. The van der Waals surface area contributed by atoms with Crippen molar-refractivity contribution in [2.45, 2.75) is 26.7 Å². The molecule has 122 valence electrons. The second kappa shape index (κ2) is 9.95. The topological polar surface area (TPSA) is 58.6 Å². The molecule has 5 nitrogen and oxygen atoms in total.